The number of H-pyrrole nitrogens is 1. The first kappa shape index (κ1) is 18.0. The van der Waals surface area contributed by atoms with Crippen LogP contribution in [0.3, 0.4) is 0 Å². The van der Waals surface area contributed by atoms with Crippen molar-refractivity contribution in [1.82, 2.24) is 20.6 Å². The molecule has 1 saturated heterocycles. The fraction of sp³-hybridized carbons (Fsp3) is 0.105. The predicted octanol–water partition coefficient (Wildman–Crippen LogP) is 3.69. The van der Waals surface area contributed by atoms with Gasteiger partial charge in [-0.1, -0.05) is 41.1 Å². The van der Waals surface area contributed by atoms with Crippen molar-refractivity contribution in [3.05, 3.63) is 64.0 Å². The summed E-state index contributed by atoms with van der Waals surface area (Å²) in [6, 6.07) is 15.9. The number of anilines is 2. The number of rotatable bonds is 2. The Kier molecular flexibility index (Phi) is 4.36. The standard InChI is InChI=1S/C19H15N7OS2/c1-11-6-5-7-12(10-11)26-16(27)15(29-19(26)20-18-21-23-24-22-18)17-25(2)13-8-3-4-9-14(13)28-17/h3-10H,1-2H3,(H,21,22,23,24)/b17-15-,20-19-. The summed E-state index contributed by atoms with van der Waals surface area (Å²) in [5.41, 5.74) is 2.89. The van der Waals surface area contributed by atoms with Crippen molar-refractivity contribution in [2.45, 2.75) is 11.8 Å². The van der Waals surface area contributed by atoms with Crippen LogP contribution in [0, 0.1) is 6.92 Å². The monoisotopic (exact) mass is 421 g/mol. The first-order valence-electron chi connectivity index (χ1n) is 8.78. The van der Waals surface area contributed by atoms with Gasteiger partial charge in [0.15, 0.2) is 5.17 Å². The average molecular weight is 422 g/mol. The summed E-state index contributed by atoms with van der Waals surface area (Å²) in [6.07, 6.45) is 0. The van der Waals surface area contributed by atoms with Gasteiger partial charge in [-0.05, 0) is 53.7 Å². The zero-order chi connectivity index (χ0) is 20.0. The second-order valence-corrected chi connectivity index (χ2v) is 8.46. The highest BCUT2D eigenvalue weighted by atomic mass is 32.2. The molecule has 0 spiro atoms. The van der Waals surface area contributed by atoms with Gasteiger partial charge in [-0.3, -0.25) is 9.69 Å². The average Bonchev–Trinajstić information content (AvgIpc) is 3.41. The van der Waals surface area contributed by atoms with Crippen molar-refractivity contribution in [2.75, 3.05) is 16.8 Å². The molecule has 0 unspecified atom stereocenters. The molecule has 2 aliphatic rings. The molecule has 29 heavy (non-hydrogen) atoms. The van der Waals surface area contributed by atoms with Gasteiger partial charge >= 0.3 is 0 Å². The van der Waals surface area contributed by atoms with Gasteiger partial charge in [-0.15, -0.1) is 5.10 Å². The summed E-state index contributed by atoms with van der Waals surface area (Å²) in [5.74, 6) is 0.0601. The maximum atomic E-state index is 13.5. The lowest BCUT2D eigenvalue weighted by Gasteiger charge is -2.17. The SMILES string of the molecule is Cc1cccc(N2C(=O)/C(=C3/Sc4ccccc4N3C)S/C2=N\c2nn[nH]n2)c1. The Hall–Kier alpha value is -3.11. The number of benzene rings is 2. The maximum absolute atomic E-state index is 13.5. The molecule has 0 atom stereocenters. The normalized spacial score (nSPS) is 20.1. The Morgan fingerprint density at radius 2 is 1.97 bits per heavy atom. The van der Waals surface area contributed by atoms with Crippen LogP contribution in [0.15, 0.2) is 68.4 Å². The second-order valence-electron chi connectivity index (χ2n) is 6.45. The fourth-order valence-electron chi connectivity index (χ4n) is 3.16. The quantitative estimate of drug-likeness (QED) is 0.631. The van der Waals surface area contributed by atoms with Crippen molar-refractivity contribution in [3.63, 3.8) is 0 Å². The Morgan fingerprint density at radius 1 is 1.10 bits per heavy atom. The minimum atomic E-state index is -0.120. The van der Waals surface area contributed by atoms with Gasteiger partial charge < -0.3 is 4.90 Å². The molecule has 2 aromatic carbocycles. The van der Waals surface area contributed by atoms with Crippen molar-refractivity contribution in [1.29, 1.82) is 0 Å². The number of hydrogen-bond acceptors (Lipinski definition) is 8. The molecule has 1 amide bonds. The lowest BCUT2D eigenvalue weighted by molar-refractivity contribution is -0.113. The molecule has 0 aliphatic carbocycles. The van der Waals surface area contributed by atoms with Gasteiger partial charge in [0.05, 0.1) is 16.4 Å². The highest BCUT2D eigenvalue weighted by Gasteiger charge is 2.40. The molecule has 3 aromatic rings. The first-order valence-corrected chi connectivity index (χ1v) is 10.4. The van der Waals surface area contributed by atoms with E-state index in [1.165, 1.54) is 11.8 Å². The Labute approximate surface area is 175 Å². The third-order valence-corrected chi connectivity index (χ3v) is 6.90. The van der Waals surface area contributed by atoms with Crippen LogP contribution in [0.5, 0.6) is 0 Å². The summed E-state index contributed by atoms with van der Waals surface area (Å²) in [5, 5.41) is 15.1. The Morgan fingerprint density at radius 3 is 2.72 bits per heavy atom. The lowest BCUT2D eigenvalue weighted by Crippen LogP contribution is -2.29. The molecule has 144 valence electrons. The summed E-state index contributed by atoms with van der Waals surface area (Å²) in [6.45, 7) is 1.99. The predicted molar refractivity (Wildman–Crippen MR) is 115 cm³/mol. The zero-order valence-electron chi connectivity index (χ0n) is 15.5. The van der Waals surface area contributed by atoms with Crippen LogP contribution in [0.25, 0.3) is 0 Å². The van der Waals surface area contributed by atoms with Gasteiger partial charge in [0.2, 0.25) is 0 Å². The number of fused-ring (bicyclic) bond motifs is 1. The van der Waals surface area contributed by atoms with Crippen LogP contribution < -0.4 is 9.80 Å². The molecule has 1 aromatic heterocycles. The van der Waals surface area contributed by atoms with Crippen LogP contribution >= 0.6 is 23.5 Å². The third kappa shape index (κ3) is 3.10. The minimum absolute atomic E-state index is 0.120. The topological polar surface area (TPSA) is 90.4 Å². The fourth-order valence-corrected chi connectivity index (χ4v) is 5.48. The van der Waals surface area contributed by atoms with Crippen LogP contribution in [0.1, 0.15) is 5.56 Å². The number of nitrogens with one attached hydrogen (secondary N) is 1. The largest absolute Gasteiger partial charge is 0.337 e. The number of thioether (sulfide) groups is 2. The second kappa shape index (κ2) is 7.05. The van der Waals surface area contributed by atoms with Gasteiger partial charge in [-0.25, -0.2) is 0 Å². The van der Waals surface area contributed by atoms with Crippen molar-refractivity contribution >= 4 is 51.9 Å². The zero-order valence-corrected chi connectivity index (χ0v) is 17.2. The molecule has 0 radical (unpaired) electrons. The molecular formula is C19H15N7OS2. The van der Waals surface area contributed by atoms with E-state index in [0.717, 1.165) is 26.9 Å². The third-order valence-electron chi connectivity index (χ3n) is 4.50. The highest BCUT2D eigenvalue weighted by Crippen LogP contribution is 2.50. The number of nitrogens with zero attached hydrogens (tertiary/aromatic N) is 6. The van der Waals surface area contributed by atoms with Gasteiger partial charge in [-0.2, -0.15) is 10.2 Å². The Balaban J connectivity index is 1.62. The van der Waals surface area contributed by atoms with Crippen LogP contribution in [-0.2, 0) is 4.79 Å². The minimum Gasteiger partial charge on any atom is -0.337 e. The molecule has 8 nitrogen and oxygen atoms in total. The number of aliphatic imine (C=N–C) groups is 1. The summed E-state index contributed by atoms with van der Waals surface area (Å²) in [7, 11) is 1.97. The number of carbonyl (C=O) groups excluding carboxylic acids is 1. The van der Waals surface area contributed by atoms with E-state index in [-0.39, 0.29) is 11.9 Å². The van der Waals surface area contributed by atoms with Crippen LogP contribution in [0.4, 0.5) is 17.3 Å². The van der Waals surface area contributed by atoms with Crippen molar-refractivity contribution in [2.24, 2.45) is 4.99 Å². The van der Waals surface area contributed by atoms with Gasteiger partial charge in [0.25, 0.3) is 11.9 Å². The molecule has 5 rings (SSSR count). The van der Waals surface area contributed by atoms with Gasteiger partial charge in [0.1, 0.15) is 4.91 Å². The highest BCUT2D eigenvalue weighted by molar-refractivity contribution is 8.20. The van der Waals surface area contributed by atoms with E-state index in [9.17, 15) is 4.79 Å². The van der Waals surface area contributed by atoms with E-state index in [4.69, 9.17) is 0 Å². The van der Waals surface area contributed by atoms with Crippen LogP contribution in [0.2, 0.25) is 0 Å². The van der Waals surface area contributed by atoms with E-state index in [1.807, 2.05) is 61.3 Å². The molecule has 0 bridgehead atoms. The number of hydrogen-bond donors (Lipinski definition) is 1. The maximum Gasteiger partial charge on any atom is 0.291 e. The number of tetrazole rings is 1. The van der Waals surface area contributed by atoms with E-state index in [2.05, 4.69) is 31.7 Å². The number of amides is 1. The summed E-state index contributed by atoms with van der Waals surface area (Å²) >= 11 is 2.91. The number of carbonyl (C=O) groups is 1. The molecule has 0 saturated carbocycles. The number of para-hydroxylation sites is 1. The molecule has 2 aliphatic heterocycles. The number of aromatic nitrogens is 4. The van der Waals surface area contributed by atoms with E-state index in [1.54, 1.807) is 16.7 Å². The van der Waals surface area contributed by atoms with E-state index in [0.29, 0.717) is 10.1 Å². The molecule has 10 heteroatoms. The van der Waals surface area contributed by atoms with Crippen molar-refractivity contribution < 1.29 is 4.79 Å². The van der Waals surface area contributed by atoms with Gasteiger partial charge in [0, 0.05) is 11.9 Å². The molecule has 3 heterocycles. The lowest BCUT2D eigenvalue weighted by atomic mass is 10.2. The smallest absolute Gasteiger partial charge is 0.291 e. The van der Waals surface area contributed by atoms with Crippen molar-refractivity contribution in [3.8, 4) is 0 Å². The summed E-state index contributed by atoms with van der Waals surface area (Å²) < 4.78 is 0. The molecule has 1 fully saturated rings. The van der Waals surface area contributed by atoms with E-state index < -0.39 is 0 Å². The first-order chi connectivity index (χ1) is 14.1. The van der Waals surface area contributed by atoms with E-state index >= 15 is 0 Å². The number of aryl methyl sites for hydroxylation is 1. The Bertz CT molecular complexity index is 1170. The number of aromatic amines is 1. The molecule has 1 N–H and O–H groups in total. The van der Waals surface area contributed by atoms with Crippen LogP contribution in [-0.4, -0.2) is 38.7 Å². The summed E-state index contributed by atoms with van der Waals surface area (Å²) in [4.78, 5) is 23.4. The molecular weight excluding hydrogens is 406 g/mol. The number of amidine groups is 1.